The van der Waals surface area contributed by atoms with Gasteiger partial charge in [-0.05, 0) is 49.8 Å². The van der Waals surface area contributed by atoms with Gasteiger partial charge in [0.1, 0.15) is 5.75 Å². The smallest absolute Gasteiger partial charge is 0.118 e. The Morgan fingerprint density at radius 1 is 1.11 bits per heavy atom. The maximum Gasteiger partial charge on any atom is 0.118 e. The number of methoxy groups -OCH3 is 1. The third kappa shape index (κ3) is 5.65. The van der Waals surface area contributed by atoms with E-state index in [-0.39, 0.29) is 0 Å². The summed E-state index contributed by atoms with van der Waals surface area (Å²) in [5.41, 5.74) is 1.38. The first kappa shape index (κ1) is 16.0. The normalized spacial score (nSPS) is 14.4. The van der Waals surface area contributed by atoms with Crippen molar-refractivity contribution in [3.05, 3.63) is 29.8 Å². The van der Waals surface area contributed by atoms with Crippen LogP contribution in [0.4, 0.5) is 0 Å². The van der Waals surface area contributed by atoms with Crippen molar-refractivity contribution in [1.82, 2.24) is 5.32 Å². The topological polar surface area (TPSA) is 21.3 Å². The second-order valence-corrected chi connectivity index (χ2v) is 5.71. The number of ether oxygens (including phenoxy) is 1. The van der Waals surface area contributed by atoms with Crippen LogP contribution in [-0.4, -0.2) is 19.2 Å². The number of hydrogen-bond acceptors (Lipinski definition) is 2. The Kier molecular flexibility index (Phi) is 6.93. The quantitative estimate of drug-likeness (QED) is 0.764. The number of aryl methyl sites for hydroxylation is 1. The van der Waals surface area contributed by atoms with Crippen LogP contribution in [0.25, 0.3) is 0 Å². The molecule has 0 aliphatic rings. The zero-order chi connectivity index (χ0) is 14.3. The van der Waals surface area contributed by atoms with Crippen molar-refractivity contribution in [2.75, 3.05) is 7.11 Å². The average Bonchev–Trinajstić information content (AvgIpc) is 2.42. The molecule has 0 bridgehead atoms. The van der Waals surface area contributed by atoms with Crippen LogP contribution in [0.2, 0.25) is 0 Å². The first-order chi connectivity index (χ1) is 9.06. The second-order valence-electron chi connectivity index (χ2n) is 5.71. The summed E-state index contributed by atoms with van der Waals surface area (Å²) in [4.78, 5) is 0. The lowest BCUT2D eigenvalue weighted by molar-refractivity contribution is 0.343. The maximum absolute atomic E-state index is 5.18. The van der Waals surface area contributed by atoms with E-state index in [1.807, 2.05) is 12.1 Å². The number of nitrogens with one attached hydrogen (secondary N) is 1. The zero-order valence-electron chi connectivity index (χ0n) is 13.1. The lowest BCUT2D eigenvalue weighted by Crippen LogP contribution is -2.39. The minimum atomic E-state index is 0.564. The monoisotopic (exact) mass is 263 g/mol. The standard InChI is InChI=1S/C17H29NO/c1-6-17(13(2)3)18-14(4)7-8-15-9-11-16(19-5)12-10-15/h9-14,17-18H,6-8H2,1-5H3. The van der Waals surface area contributed by atoms with Crippen molar-refractivity contribution in [3.63, 3.8) is 0 Å². The maximum atomic E-state index is 5.18. The van der Waals surface area contributed by atoms with Gasteiger partial charge in [-0.25, -0.2) is 0 Å². The summed E-state index contributed by atoms with van der Waals surface area (Å²) in [7, 11) is 1.71. The van der Waals surface area contributed by atoms with Gasteiger partial charge in [0, 0.05) is 12.1 Å². The molecule has 0 fully saturated rings. The average molecular weight is 263 g/mol. The predicted molar refractivity (Wildman–Crippen MR) is 82.8 cm³/mol. The van der Waals surface area contributed by atoms with Crippen molar-refractivity contribution in [1.29, 1.82) is 0 Å². The number of benzene rings is 1. The van der Waals surface area contributed by atoms with Gasteiger partial charge in [0.25, 0.3) is 0 Å². The molecular formula is C17H29NO. The van der Waals surface area contributed by atoms with Gasteiger partial charge in [0.2, 0.25) is 0 Å². The van der Waals surface area contributed by atoms with Gasteiger partial charge in [0.05, 0.1) is 7.11 Å². The van der Waals surface area contributed by atoms with E-state index in [1.165, 1.54) is 18.4 Å². The van der Waals surface area contributed by atoms with Crippen LogP contribution in [-0.2, 0) is 6.42 Å². The first-order valence-corrected chi connectivity index (χ1v) is 7.45. The summed E-state index contributed by atoms with van der Waals surface area (Å²) in [6.45, 7) is 9.12. The highest BCUT2D eigenvalue weighted by atomic mass is 16.5. The highest BCUT2D eigenvalue weighted by molar-refractivity contribution is 5.27. The van der Waals surface area contributed by atoms with Crippen molar-refractivity contribution >= 4 is 0 Å². The third-order valence-corrected chi connectivity index (χ3v) is 3.77. The molecule has 0 aliphatic heterocycles. The minimum Gasteiger partial charge on any atom is -0.497 e. The predicted octanol–water partition coefficient (Wildman–Crippen LogP) is 4.04. The lowest BCUT2D eigenvalue weighted by Gasteiger charge is -2.25. The minimum absolute atomic E-state index is 0.564. The highest BCUT2D eigenvalue weighted by Gasteiger charge is 2.13. The fourth-order valence-electron chi connectivity index (χ4n) is 2.41. The summed E-state index contributed by atoms with van der Waals surface area (Å²) >= 11 is 0. The molecule has 0 radical (unpaired) electrons. The summed E-state index contributed by atoms with van der Waals surface area (Å²) in [6, 6.07) is 9.59. The van der Waals surface area contributed by atoms with Gasteiger partial charge in [0.15, 0.2) is 0 Å². The van der Waals surface area contributed by atoms with Crippen LogP contribution in [0, 0.1) is 5.92 Å². The van der Waals surface area contributed by atoms with Gasteiger partial charge in [-0.15, -0.1) is 0 Å². The first-order valence-electron chi connectivity index (χ1n) is 7.45. The molecule has 2 heteroatoms. The fraction of sp³-hybridized carbons (Fsp3) is 0.647. The molecule has 0 spiro atoms. The number of rotatable bonds is 8. The Balaban J connectivity index is 2.38. The molecule has 0 saturated heterocycles. The van der Waals surface area contributed by atoms with Crippen molar-refractivity contribution in [2.45, 2.75) is 59.0 Å². The fourth-order valence-corrected chi connectivity index (χ4v) is 2.41. The Labute approximate surface area is 118 Å². The molecular weight excluding hydrogens is 234 g/mol. The highest BCUT2D eigenvalue weighted by Crippen LogP contribution is 2.14. The molecule has 2 atom stereocenters. The Morgan fingerprint density at radius 2 is 1.74 bits per heavy atom. The van der Waals surface area contributed by atoms with E-state index in [0.717, 1.165) is 12.2 Å². The van der Waals surface area contributed by atoms with E-state index in [4.69, 9.17) is 4.74 Å². The molecule has 108 valence electrons. The SMILES string of the molecule is CCC(NC(C)CCc1ccc(OC)cc1)C(C)C. The zero-order valence-corrected chi connectivity index (χ0v) is 13.1. The molecule has 1 aromatic carbocycles. The molecule has 0 heterocycles. The molecule has 2 nitrogen and oxygen atoms in total. The molecule has 0 aromatic heterocycles. The molecule has 1 aromatic rings. The van der Waals surface area contributed by atoms with Crippen LogP contribution in [0.1, 0.15) is 46.1 Å². The Hall–Kier alpha value is -1.02. The summed E-state index contributed by atoms with van der Waals surface area (Å²) in [5.74, 6) is 1.63. The molecule has 1 N–H and O–H groups in total. The van der Waals surface area contributed by atoms with Crippen LogP contribution >= 0.6 is 0 Å². The van der Waals surface area contributed by atoms with Gasteiger partial charge in [-0.1, -0.05) is 32.9 Å². The van der Waals surface area contributed by atoms with E-state index in [1.54, 1.807) is 7.11 Å². The lowest BCUT2D eigenvalue weighted by atomic mass is 9.99. The molecule has 0 aliphatic carbocycles. The third-order valence-electron chi connectivity index (χ3n) is 3.77. The number of hydrogen-bond donors (Lipinski definition) is 1. The molecule has 0 saturated carbocycles. The Bertz CT molecular complexity index is 345. The van der Waals surface area contributed by atoms with E-state index < -0.39 is 0 Å². The molecule has 0 amide bonds. The van der Waals surface area contributed by atoms with Gasteiger partial charge < -0.3 is 10.1 Å². The van der Waals surface area contributed by atoms with Crippen LogP contribution in [0.5, 0.6) is 5.75 Å². The molecule has 1 rings (SSSR count). The van der Waals surface area contributed by atoms with Crippen molar-refractivity contribution < 1.29 is 4.74 Å². The van der Waals surface area contributed by atoms with Crippen LogP contribution in [0.3, 0.4) is 0 Å². The second kappa shape index (κ2) is 8.21. The van der Waals surface area contributed by atoms with Crippen molar-refractivity contribution in [2.24, 2.45) is 5.92 Å². The molecule has 2 unspecified atom stereocenters. The summed E-state index contributed by atoms with van der Waals surface area (Å²) in [6.07, 6.45) is 3.49. The van der Waals surface area contributed by atoms with Gasteiger partial charge >= 0.3 is 0 Å². The summed E-state index contributed by atoms with van der Waals surface area (Å²) < 4.78 is 5.18. The summed E-state index contributed by atoms with van der Waals surface area (Å²) in [5, 5.41) is 3.73. The van der Waals surface area contributed by atoms with E-state index in [0.29, 0.717) is 18.0 Å². The Morgan fingerprint density at radius 3 is 2.21 bits per heavy atom. The van der Waals surface area contributed by atoms with Gasteiger partial charge in [-0.2, -0.15) is 0 Å². The molecule has 19 heavy (non-hydrogen) atoms. The van der Waals surface area contributed by atoms with Gasteiger partial charge in [-0.3, -0.25) is 0 Å². The van der Waals surface area contributed by atoms with E-state index in [2.05, 4.69) is 45.1 Å². The van der Waals surface area contributed by atoms with Crippen molar-refractivity contribution in [3.8, 4) is 5.75 Å². The largest absolute Gasteiger partial charge is 0.497 e. The van der Waals surface area contributed by atoms with Crippen LogP contribution in [0.15, 0.2) is 24.3 Å². The van der Waals surface area contributed by atoms with E-state index >= 15 is 0 Å². The van der Waals surface area contributed by atoms with Crippen LogP contribution < -0.4 is 10.1 Å². The van der Waals surface area contributed by atoms with E-state index in [9.17, 15) is 0 Å².